The Morgan fingerprint density at radius 1 is 1.21 bits per heavy atom. The van der Waals surface area contributed by atoms with Crippen LogP contribution in [0.3, 0.4) is 0 Å². The summed E-state index contributed by atoms with van der Waals surface area (Å²) in [6, 6.07) is 9.94. The van der Waals surface area contributed by atoms with Crippen molar-refractivity contribution in [2.24, 2.45) is 0 Å². The Bertz CT molecular complexity index is 440. The molecular formula is C15H19NO3. The van der Waals surface area contributed by atoms with Gasteiger partial charge in [0.05, 0.1) is 6.61 Å². The van der Waals surface area contributed by atoms with Crippen molar-refractivity contribution in [3.63, 3.8) is 0 Å². The zero-order valence-corrected chi connectivity index (χ0v) is 11.3. The van der Waals surface area contributed by atoms with E-state index in [4.69, 9.17) is 4.74 Å². The van der Waals surface area contributed by atoms with Crippen molar-refractivity contribution in [1.82, 2.24) is 4.90 Å². The van der Waals surface area contributed by atoms with Crippen molar-refractivity contribution in [3.8, 4) is 0 Å². The Kier molecular flexibility index (Phi) is 6.36. The number of amides is 1. The number of hydrogen-bond donors (Lipinski definition) is 0. The molecule has 0 heterocycles. The van der Waals surface area contributed by atoms with Crippen LogP contribution in [0.15, 0.2) is 42.5 Å². The minimum Gasteiger partial charge on any atom is -0.463 e. The SMILES string of the molecule is CCOC(=O)/C=C/C(=O)N(C)CCc1ccccc1. The molecule has 0 aliphatic rings. The summed E-state index contributed by atoms with van der Waals surface area (Å²) in [5.74, 6) is -0.698. The molecule has 0 atom stereocenters. The summed E-state index contributed by atoms with van der Waals surface area (Å²) in [5.41, 5.74) is 1.18. The Labute approximate surface area is 113 Å². The molecule has 0 spiro atoms. The molecule has 102 valence electrons. The van der Waals surface area contributed by atoms with Crippen LogP contribution in [-0.2, 0) is 20.7 Å². The van der Waals surface area contributed by atoms with Gasteiger partial charge in [0, 0.05) is 25.7 Å². The van der Waals surface area contributed by atoms with E-state index in [9.17, 15) is 9.59 Å². The van der Waals surface area contributed by atoms with Gasteiger partial charge in [-0.15, -0.1) is 0 Å². The van der Waals surface area contributed by atoms with Gasteiger partial charge in [-0.2, -0.15) is 0 Å². The van der Waals surface area contributed by atoms with Crippen molar-refractivity contribution < 1.29 is 14.3 Å². The summed E-state index contributed by atoms with van der Waals surface area (Å²) >= 11 is 0. The van der Waals surface area contributed by atoms with Crippen LogP contribution in [0.5, 0.6) is 0 Å². The Hall–Kier alpha value is -2.10. The molecule has 1 aromatic carbocycles. The van der Waals surface area contributed by atoms with Crippen molar-refractivity contribution in [2.75, 3.05) is 20.2 Å². The van der Waals surface area contributed by atoms with Gasteiger partial charge in [0.15, 0.2) is 0 Å². The molecule has 4 heteroatoms. The molecule has 0 unspecified atom stereocenters. The van der Waals surface area contributed by atoms with Gasteiger partial charge >= 0.3 is 5.97 Å². The molecule has 0 saturated heterocycles. The van der Waals surface area contributed by atoms with E-state index in [0.29, 0.717) is 13.2 Å². The summed E-state index contributed by atoms with van der Waals surface area (Å²) in [5, 5.41) is 0. The Morgan fingerprint density at radius 3 is 2.53 bits per heavy atom. The number of rotatable bonds is 6. The van der Waals surface area contributed by atoms with Crippen LogP contribution in [0.1, 0.15) is 12.5 Å². The van der Waals surface area contributed by atoms with E-state index >= 15 is 0 Å². The predicted molar refractivity (Wildman–Crippen MR) is 73.6 cm³/mol. The standard InChI is InChI=1S/C15H19NO3/c1-3-19-15(18)10-9-14(17)16(2)12-11-13-7-5-4-6-8-13/h4-10H,3,11-12H2,1-2H3/b10-9+. The average Bonchev–Trinajstić information content (AvgIpc) is 2.43. The number of hydrogen-bond acceptors (Lipinski definition) is 3. The van der Waals surface area contributed by atoms with Crippen LogP contribution in [0.4, 0.5) is 0 Å². The molecule has 0 aliphatic carbocycles. The zero-order valence-electron chi connectivity index (χ0n) is 11.3. The van der Waals surface area contributed by atoms with Gasteiger partial charge in [-0.1, -0.05) is 30.3 Å². The summed E-state index contributed by atoms with van der Waals surface area (Å²) in [6.07, 6.45) is 3.18. The number of likely N-dealkylation sites (N-methyl/N-ethyl adjacent to an activating group) is 1. The van der Waals surface area contributed by atoms with Crippen molar-refractivity contribution in [3.05, 3.63) is 48.0 Å². The molecule has 0 aliphatic heterocycles. The lowest BCUT2D eigenvalue weighted by Crippen LogP contribution is -2.27. The second-order valence-corrected chi connectivity index (χ2v) is 4.08. The number of benzene rings is 1. The number of nitrogens with zero attached hydrogens (tertiary/aromatic N) is 1. The molecule has 0 fully saturated rings. The molecule has 1 amide bonds. The summed E-state index contributed by atoms with van der Waals surface area (Å²) in [7, 11) is 1.71. The number of ether oxygens (including phenoxy) is 1. The second kappa shape index (κ2) is 8.08. The molecule has 4 nitrogen and oxygen atoms in total. The molecule has 0 radical (unpaired) electrons. The fraction of sp³-hybridized carbons (Fsp3) is 0.333. The second-order valence-electron chi connectivity index (χ2n) is 4.08. The van der Waals surface area contributed by atoms with Crippen LogP contribution in [0, 0.1) is 0 Å². The molecule has 0 bridgehead atoms. The normalized spacial score (nSPS) is 10.4. The quantitative estimate of drug-likeness (QED) is 0.579. The molecule has 0 saturated carbocycles. The molecule has 19 heavy (non-hydrogen) atoms. The fourth-order valence-electron chi connectivity index (χ4n) is 1.51. The lowest BCUT2D eigenvalue weighted by Gasteiger charge is -2.14. The third-order valence-electron chi connectivity index (χ3n) is 2.60. The van der Waals surface area contributed by atoms with Gasteiger partial charge in [-0.05, 0) is 18.9 Å². The van der Waals surface area contributed by atoms with E-state index in [2.05, 4.69) is 0 Å². The van der Waals surface area contributed by atoms with Gasteiger partial charge in [0.2, 0.25) is 5.91 Å². The molecule has 0 aromatic heterocycles. The Balaban J connectivity index is 2.38. The van der Waals surface area contributed by atoms with Gasteiger partial charge in [0.25, 0.3) is 0 Å². The van der Waals surface area contributed by atoms with E-state index < -0.39 is 5.97 Å². The maximum Gasteiger partial charge on any atom is 0.330 e. The summed E-state index contributed by atoms with van der Waals surface area (Å²) < 4.78 is 4.70. The van der Waals surface area contributed by atoms with Crippen LogP contribution in [0.2, 0.25) is 0 Å². The third-order valence-corrected chi connectivity index (χ3v) is 2.60. The predicted octanol–water partition coefficient (Wildman–Crippen LogP) is 1.81. The maximum atomic E-state index is 11.7. The fourth-order valence-corrected chi connectivity index (χ4v) is 1.51. The highest BCUT2D eigenvalue weighted by Crippen LogP contribution is 2.01. The van der Waals surface area contributed by atoms with Crippen LogP contribution < -0.4 is 0 Å². The van der Waals surface area contributed by atoms with E-state index in [1.54, 1.807) is 18.9 Å². The van der Waals surface area contributed by atoms with E-state index in [1.807, 2.05) is 30.3 Å². The van der Waals surface area contributed by atoms with Gasteiger partial charge < -0.3 is 9.64 Å². The van der Waals surface area contributed by atoms with Crippen molar-refractivity contribution >= 4 is 11.9 Å². The molecule has 1 aromatic rings. The number of carbonyl (C=O) groups excluding carboxylic acids is 2. The van der Waals surface area contributed by atoms with Gasteiger partial charge in [-0.25, -0.2) is 4.79 Å². The monoisotopic (exact) mass is 261 g/mol. The summed E-state index contributed by atoms with van der Waals surface area (Å²) in [4.78, 5) is 24.3. The smallest absolute Gasteiger partial charge is 0.330 e. The van der Waals surface area contributed by atoms with Gasteiger partial charge in [-0.3, -0.25) is 4.79 Å². The van der Waals surface area contributed by atoms with Crippen LogP contribution >= 0.6 is 0 Å². The first-order valence-electron chi connectivity index (χ1n) is 6.27. The molecule has 1 rings (SSSR count). The third kappa shape index (κ3) is 5.86. The number of esters is 1. The molecular weight excluding hydrogens is 242 g/mol. The highest BCUT2D eigenvalue weighted by Gasteiger charge is 2.05. The minimum absolute atomic E-state index is 0.205. The van der Waals surface area contributed by atoms with Crippen molar-refractivity contribution in [1.29, 1.82) is 0 Å². The maximum absolute atomic E-state index is 11.7. The minimum atomic E-state index is -0.493. The highest BCUT2D eigenvalue weighted by atomic mass is 16.5. The number of carbonyl (C=O) groups is 2. The van der Waals surface area contributed by atoms with E-state index in [0.717, 1.165) is 12.5 Å². The van der Waals surface area contributed by atoms with Crippen LogP contribution in [0.25, 0.3) is 0 Å². The molecule has 0 N–H and O–H groups in total. The summed E-state index contributed by atoms with van der Waals surface area (Å²) in [6.45, 7) is 2.64. The first kappa shape index (κ1) is 15.0. The topological polar surface area (TPSA) is 46.6 Å². The van der Waals surface area contributed by atoms with Gasteiger partial charge in [0.1, 0.15) is 0 Å². The lowest BCUT2D eigenvalue weighted by atomic mass is 10.1. The van der Waals surface area contributed by atoms with Crippen molar-refractivity contribution in [2.45, 2.75) is 13.3 Å². The lowest BCUT2D eigenvalue weighted by molar-refractivity contribution is -0.137. The largest absolute Gasteiger partial charge is 0.463 e. The first-order valence-corrected chi connectivity index (χ1v) is 6.27. The average molecular weight is 261 g/mol. The van der Waals surface area contributed by atoms with E-state index in [1.165, 1.54) is 11.6 Å². The van der Waals surface area contributed by atoms with Crippen LogP contribution in [-0.4, -0.2) is 37.0 Å². The first-order chi connectivity index (χ1) is 9.13. The Morgan fingerprint density at radius 2 is 1.89 bits per heavy atom. The van der Waals surface area contributed by atoms with E-state index in [-0.39, 0.29) is 5.91 Å². The zero-order chi connectivity index (χ0) is 14.1. The highest BCUT2D eigenvalue weighted by molar-refractivity contribution is 5.94.